The molecule has 8 aromatic rings. The third-order valence-electron chi connectivity index (χ3n) is 11.4. The summed E-state index contributed by atoms with van der Waals surface area (Å²) in [4.78, 5) is 12.7. The Kier molecular flexibility index (Phi) is 13.5. The molecule has 0 unspecified atom stereocenters. The summed E-state index contributed by atoms with van der Waals surface area (Å²) in [6.07, 6.45) is 5.54. The van der Waals surface area contributed by atoms with E-state index in [-0.39, 0.29) is 15.5 Å². The highest BCUT2D eigenvalue weighted by Gasteiger charge is 2.21. The molecule has 0 amide bonds. The maximum absolute atomic E-state index is 15.2. The van der Waals surface area contributed by atoms with Crippen molar-refractivity contribution in [2.24, 2.45) is 14.1 Å². The Morgan fingerprint density at radius 2 is 1.16 bits per heavy atom. The van der Waals surface area contributed by atoms with E-state index in [0.717, 1.165) is 69.5 Å². The van der Waals surface area contributed by atoms with Crippen LogP contribution in [0.15, 0.2) is 120 Å². The van der Waals surface area contributed by atoms with Crippen LogP contribution in [0.3, 0.4) is 0 Å². The lowest BCUT2D eigenvalue weighted by molar-refractivity contribution is 0.414. The minimum absolute atomic E-state index is 0.0405. The molecule has 6 aromatic carbocycles. The predicted octanol–water partition coefficient (Wildman–Crippen LogP) is 9.17. The molecule has 0 aliphatic carbocycles. The minimum atomic E-state index is -3.55. The molecule has 3 N–H and O–H groups in total. The molecule has 67 heavy (non-hydrogen) atoms. The van der Waals surface area contributed by atoms with Crippen LogP contribution in [0.5, 0.6) is 11.5 Å². The number of halogens is 2. The molecule has 0 spiro atoms. The van der Waals surface area contributed by atoms with Crippen LogP contribution < -0.4 is 30.3 Å². The van der Waals surface area contributed by atoms with E-state index >= 15 is 4.39 Å². The highest BCUT2D eigenvalue weighted by atomic mass is 32.2. The minimum Gasteiger partial charge on any atom is -0.497 e. The summed E-state index contributed by atoms with van der Waals surface area (Å²) in [6, 6.07) is 28.3. The normalized spacial score (nSPS) is 11.6. The number of nitrogen functional groups attached to an aromatic ring is 1. The molecule has 18 heteroatoms. The highest BCUT2D eigenvalue weighted by Crippen LogP contribution is 2.37. The number of rotatable bonds is 13. The number of nitrogens with zero attached hydrogens (tertiary/aromatic N) is 6. The molecule has 14 nitrogen and oxygen atoms in total. The Morgan fingerprint density at radius 1 is 0.672 bits per heavy atom. The number of nitrogens with one attached hydrogen (secondary N) is 1. The van der Waals surface area contributed by atoms with E-state index in [1.807, 2.05) is 90.0 Å². The van der Waals surface area contributed by atoms with Gasteiger partial charge in [0.15, 0.2) is 19.7 Å². The number of ether oxygens (including phenoxy) is 2. The van der Waals surface area contributed by atoms with Crippen LogP contribution in [0.25, 0.3) is 22.1 Å². The zero-order valence-electron chi connectivity index (χ0n) is 38.6. The highest BCUT2D eigenvalue weighted by molar-refractivity contribution is 7.91. The smallest absolute Gasteiger partial charge is 0.175 e. The van der Waals surface area contributed by atoms with E-state index in [1.165, 1.54) is 12.1 Å². The first kappa shape index (κ1) is 47.8. The number of methoxy groups -OCH3 is 2. The van der Waals surface area contributed by atoms with Crippen molar-refractivity contribution in [2.75, 3.05) is 54.6 Å². The van der Waals surface area contributed by atoms with Gasteiger partial charge >= 0.3 is 0 Å². The number of fused-ring (bicyclic) bond motifs is 2. The summed E-state index contributed by atoms with van der Waals surface area (Å²) in [6.45, 7) is 4.50. The van der Waals surface area contributed by atoms with Gasteiger partial charge in [-0.25, -0.2) is 35.6 Å². The maximum Gasteiger partial charge on any atom is 0.175 e. The van der Waals surface area contributed by atoms with E-state index in [4.69, 9.17) is 20.2 Å². The van der Waals surface area contributed by atoms with Gasteiger partial charge < -0.3 is 39.5 Å². The Labute approximate surface area is 389 Å². The standard InChI is InChI=1S/C32H33FN4O4S.C17H19FN4O2S/c1-21-14-27(42(5,38)39)17-28(33)31(21)35-24-15-29-32(34-20-36(29)2)30(16-24)37(18-22-6-10-25(40-3)11-7-22)19-23-8-12-26(41-4)13-9-23;1-10-5-12(25(4,23)24)8-13(18)17(10)22(3)11-6-14(19)16-15(7-11)21(2)9-20-16/h6-17,20,35H,18-19H2,1-5H3;5-9H,19H2,1-4H3. The number of nitrogens with two attached hydrogens (primary N) is 1. The van der Waals surface area contributed by atoms with Gasteiger partial charge in [0.2, 0.25) is 0 Å². The average molecular weight is 951 g/mol. The molecule has 0 fully saturated rings. The number of aryl methyl sites for hydroxylation is 4. The number of aromatic nitrogens is 4. The van der Waals surface area contributed by atoms with Gasteiger partial charge in [-0.3, -0.25) is 0 Å². The van der Waals surface area contributed by atoms with Crippen LogP contribution in [0.2, 0.25) is 0 Å². The summed E-state index contributed by atoms with van der Waals surface area (Å²) < 4.78 is 91.8. The van der Waals surface area contributed by atoms with Crippen LogP contribution in [0, 0.1) is 25.5 Å². The van der Waals surface area contributed by atoms with Gasteiger partial charge in [-0.1, -0.05) is 24.3 Å². The second kappa shape index (κ2) is 19.0. The molecule has 2 heterocycles. The van der Waals surface area contributed by atoms with E-state index in [1.54, 1.807) is 58.7 Å². The zero-order chi connectivity index (χ0) is 48.5. The fraction of sp³-hybridized carbons (Fsp3) is 0.224. The summed E-state index contributed by atoms with van der Waals surface area (Å²) in [5.74, 6) is 0.304. The second-order valence-corrected chi connectivity index (χ2v) is 20.5. The van der Waals surface area contributed by atoms with E-state index in [0.29, 0.717) is 52.5 Å². The molecule has 0 atom stereocenters. The number of hydrogen-bond donors (Lipinski definition) is 2. The molecule has 8 rings (SSSR count). The third kappa shape index (κ3) is 10.4. The van der Waals surface area contributed by atoms with Crippen LogP contribution in [0.4, 0.5) is 42.9 Å². The SMILES string of the molecule is COc1ccc(CN(Cc2ccc(OC)cc2)c2cc(Nc3c(C)cc(S(C)(=O)=O)cc3F)cc3c2ncn3C)cc1.Cc1cc(S(C)(=O)=O)cc(F)c1N(C)c1cc(N)c2ncn(C)c2c1. The second-order valence-electron chi connectivity index (χ2n) is 16.4. The van der Waals surface area contributed by atoms with Crippen molar-refractivity contribution in [1.29, 1.82) is 0 Å². The zero-order valence-corrected chi connectivity index (χ0v) is 40.2. The fourth-order valence-corrected chi connectivity index (χ4v) is 9.21. The lowest BCUT2D eigenvalue weighted by atomic mass is 10.1. The lowest BCUT2D eigenvalue weighted by Crippen LogP contribution is -2.22. The van der Waals surface area contributed by atoms with Gasteiger partial charge in [0.25, 0.3) is 0 Å². The topological polar surface area (TPSA) is 167 Å². The van der Waals surface area contributed by atoms with Gasteiger partial charge in [0.05, 0.1) is 70.4 Å². The molecule has 350 valence electrons. The first-order valence-corrected chi connectivity index (χ1v) is 24.6. The number of sulfone groups is 2. The number of anilines is 6. The van der Waals surface area contributed by atoms with E-state index < -0.39 is 31.3 Å². The van der Waals surface area contributed by atoms with Gasteiger partial charge in [0, 0.05) is 58.1 Å². The predicted molar refractivity (Wildman–Crippen MR) is 262 cm³/mol. The van der Waals surface area contributed by atoms with Crippen molar-refractivity contribution in [1.82, 2.24) is 19.1 Å². The molecule has 0 saturated carbocycles. The largest absolute Gasteiger partial charge is 0.497 e. The Hall–Kier alpha value is -7.18. The first-order valence-electron chi connectivity index (χ1n) is 20.8. The monoisotopic (exact) mass is 950 g/mol. The molecular weight excluding hydrogens is 899 g/mol. The van der Waals surface area contributed by atoms with Crippen LogP contribution >= 0.6 is 0 Å². The van der Waals surface area contributed by atoms with Crippen molar-refractivity contribution >= 4 is 75.9 Å². The molecule has 0 bridgehead atoms. The van der Waals surface area contributed by atoms with E-state index in [9.17, 15) is 21.2 Å². The van der Waals surface area contributed by atoms with Crippen molar-refractivity contribution in [3.05, 3.63) is 144 Å². The van der Waals surface area contributed by atoms with Crippen molar-refractivity contribution < 1.29 is 35.1 Å². The summed E-state index contributed by atoms with van der Waals surface area (Å²) in [7, 11) is 1.72. The molecule has 0 aliphatic heterocycles. The van der Waals surface area contributed by atoms with Crippen LogP contribution in [-0.2, 0) is 46.9 Å². The third-order valence-corrected chi connectivity index (χ3v) is 13.6. The summed E-state index contributed by atoms with van der Waals surface area (Å²) in [5.41, 5.74) is 15.6. The summed E-state index contributed by atoms with van der Waals surface area (Å²) in [5, 5.41) is 3.21. The van der Waals surface area contributed by atoms with Gasteiger partial charge in [-0.15, -0.1) is 0 Å². The Bertz CT molecular complexity index is 3260. The Morgan fingerprint density at radius 3 is 1.66 bits per heavy atom. The van der Waals surface area contributed by atoms with Gasteiger partial charge in [0.1, 0.15) is 34.2 Å². The molecular formula is C49H52F2N8O6S2. The van der Waals surface area contributed by atoms with E-state index in [2.05, 4.69) is 15.2 Å². The summed E-state index contributed by atoms with van der Waals surface area (Å²) >= 11 is 0. The molecule has 0 saturated heterocycles. The van der Waals surface area contributed by atoms with Gasteiger partial charge in [-0.05, 0) is 109 Å². The molecule has 0 radical (unpaired) electrons. The Balaban J connectivity index is 0.000000227. The fourth-order valence-electron chi connectivity index (χ4n) is 7.79. The lowest BCUT2D eigenvalue weighted by Gasteiger charge is -2.27. The van der Waals surface area contributed by atoms with Crippen molar-refractivity contribution in [2.45, 2.75) is 36.7 Å². The average Bonchev–Trinajstić information content (AvgIpc) is 3.85. The maximum atomic E-state index is 15.2. The van der Waals surface area contributed by atoms with Crippen LogP contribution in [-0.4, -0.2) is 69.7 Å². The molecule has 0 aliphatic rings. The first-order chi connectivity index (χ1) is 31.6. The van der Waals surface area contributed by atoms with Gasteiger partial charge in [-0.2, -0.15) is 0 Å². The quantitative estimate of drug-likeness (QED) is 0.105. The van der Waals surface area contributed by atoms with Crippen molar-refractivity contribution in [3.63, 3.8) is 0 Å². The number of benzene rings is 6. The number of imidazole rings is 2. The van der Waals surface area contributed by atoms with Crippen molar-refractivity contribution in [3.8, 4) is 11.5 Å². The number of hydrogen-bond acceptors (Lipinski definition) is 12. The van der Waals surface area contributed by atoms with Crippen LogP contribution in [0.1, 0.15) is 22.3 Å². The molecule has 2 aromatic heterocycles.